The Kier molecular flexibility index (Phi) is 4.65. The molecule has 0 atom stereocenters. The van der Waals surface area contributed by atoms with Crippen LogP contribution in [0.15, 0.2) is 41.3 Å². The molecule has 1 amide bonds. The van der Waals surface area contributed by atoms with Gasteiger partial charge >= 0.3 is 0 Å². The number of benzene rings is 2. The summed E-state index contributed by atoms with van der Waals surface area (Å²) in [5.41, 5.74) is 2.51. The summed E-state index contributed by atoms with van der Waals surface area (Å²) in [6.07, 6.45) is 0. The molecular weight excluding hydrogens is 344 g/mol. The van der Waals surface area contributed by atoms with E-state index in [1.807, 2.05) is 32.0 Å². The zero-order valence-electron chi connectivity index (χ0n) is 13.8. The van der Waals surface area contributed by atoms with Gasteiger partial charge < -0.3 is 14.8 Å². The molecular formula is C17H18N2O5S. The lowest BCUT2D eigenvalue weighted by molar-refractivity contribution is -0.115. The van der Waals surface area contributed by atoms with Gasteiger partial charge in [-0.1, -0.05) is 18.2 Å². The van der Waals surface area contributed by atoms with Crippen molar-refractivity contribution in [2.24, 2.45) is 0 Å². The third kappa shape index (κ3) is 3.75. The van der Waals surface area contributed by atoms with Crippen molar-refractivity contribution >= 4 is 21.6 Å². The average Bonchev–Trinajstić information content (AvgIpc) is 3.04. The van der Waals surface area contributed by atoms with Gasteiger partial charge in [-0.3, -0.25) is 4.79 Å². The van der Waals surface area contributed by atoms with E-state index >= 15 is 0 Å². The quantitative estimate of drug-likeness (QED) is 0.848. The number of fused-ring (bicyclic) bond motifs is 1. The molecule has 7 nitrogen and oxygen atoms in total. The van der Waals surface area contributed by atoms with Crippen LogP contribution < -0.4 is 19.5 Å². The Hall–Kier alpha value is -2.58. The van der Waals surface area contributed by atoms with E-state index in [0.717, 1.165) is 11.1 Å². The van der Waals surface area contributed by atoms with Crippen LogP contribution in [0.5, 0.6) is 11.5 Å². The lowest BCUT2D eigenvalue weighted by atomic mass is 10.1. The lowest BCUT2D eigenvalue weighted by Crippen LogP contribution is -2.33. The van der Waals surface area contributed by atoms with Gasteiger partial charge in [0, 0.05) is 11.8 Å². The number of para-hydroxylation sites is 1. The van der Waals surface area contributed by atoms with Crippen molar-refractivity contribution in [3.05, 3.63) is 47.5 Å². The number of sulfonamides is 1. The van der Waals surface area contributed by atoms with Crippen LogP contribution >= 0.6 is 0 Å². The van der Waals surface area contributed by atoms with Gasteiger partial charge in [-0.15, -0.1) is 0 Å². The molecule has 0 aliphatic carbocycles. The maximum atomic E-state index is 12.3. The first-order valence-electron chi connectivity index (χ1n) is 7.62. The monoisotopic (exact) mass is 362 g/mol. The van der Waals surface area contributed by atoms with E-state index in [0.29, 0.717) is 17.2 Å². The molecule has 25 heavy (non-hydrogen) atoms. The van der Waals surface area contributed by atoms with Crippen molar-refractivity contribution in [2.45, 2.75) is 18.7 Å². The first-order chi connectivity index (χ1) is 11.9. The third-order valence-corrected chi connectivity index (χ3v) is 5.22. The fourth-order valence-corrected chi connectivity index (χ4v) is 3.48. The van der Waals surface area contributed by atoms with Crippen LogP contribution in [0.4, 0.5) is 5.69 Å². The first-order valence-corrected chi connectivity index (χ1v) is 9.10. The Morgan fingerprint density at radius 1 is 1.08 bits per heavy atom. The fourth-order valence-electron chi connectivity index (χ4n) is 2.48. The Morgan fingerprint density at radius 3 is 2.48 bits per heavy atom. The van der Waals surface area contributed by atoms with E-state index in [9.17, 15) is 13.2 Å². The fraction of sp³-hybridized carbons (Fsp3) is 0.235. The second kappa shape index (κ2) is 6.73. The minimum atomic E-state index is -3.84. The first kappa shape index (κ1) is 17.2. The smallest absolute Gasteiger partial charge is 0.241 e. The van der Waals surface area contributed by atoms with E-state index in [1.54, 1.807) is 0 Å². The molecule has 1 aliphatic rings. The SMILES string of the molecule is Cc1cccc(C)c1NC(=O)CNS(=O)(=O)c1ccc2c(c1)OCO2. The Labute approximate surface area is 146 Å². The average molecular weight is 362 g/mol. The van der Waals surface area contributed by atoms with Crippen molar-refractivity contribution in [1.82, 2.24) is 4.72 Å². The molecule has 0 radical (unpaired) electrons. The molecule has 1 heterocycles. The zero-order valence-corrected chi connectivity index (χ0v) is 14.6. The Bertz CT molecular complexity index is 904. The third-order valence-electron chi connectivity index (χ3n) is 3.82. The predicted octanol–water partition coefficient (Wildman–Crippen LogP) is 1.95. The molecule has 0 aromatic heterocycles. The molecule has 8 heteroatoms. The summed E-state index contributed by atoms with van der Waals surface area (Å²) in [5, 5.41) is 2.73. The topological polar surface area (TPSA) is 93.7 Å². The number of hydrogen-bond donors (Lipinski definition) is 2. The number of hydrogen-bond acceptors (Lipinski definition) is 5. The van der Waals surface area contributed by atoms with Crippen LogP contribution in [0.2, 0.25) is 0 Å². The van der Waals surface area contributed by atoms with Crippen molar-refractivity contribution in [2.75, 3.05) is 18.7 Å². The van der Waals surface area contributed by atoms with Crippen LogP contribution in [-0.4, -0.2) is 27.7 Å². The molecule has 2 aromatic carbocycles. The van der Waals surface area contributed by atoms with Crippen molar-refractivity contribution in [1.29, 1.82) is 0 Å². The van der Waals surface area contributed by atoms with Gasteiger partial charge in [0.15, 0.2) is 11.5 Å². The van der Waals surface area contributed by atoms with Gasteiger partial charge in [0.05, 0.1) is 11.4 Å². The van der Waals surface area contributed by atoms with E-state index < -0.39 is 15.9 Å². The molecule has 0 bridgehead atoms. The number of rotatable bonds is 5. The normalized spacial score (nSPS) is 12.9. The van der Waals surface area contributed by atoms with Gasteiger partial charge in [0.25, 0.3) is 0 Å². The summed E-state index contributed by atoms with van der Waals surface area (Å²) < 4.78 is 37.3. The van der Waals surface area contributed by atoms with Gasteiger partial charge in [0.2, 0.25) is 22.7 Å². The van der Waals surface area contributed by atoms with E-state index in [2.05, 4.69) is 10.0 Å². The second-order valence-corrected chi connectivity index (χ2v) is 7.42. The van der Waals surface area contributed by atoms with Crippen LogP contribution in [0, 0.1) is 13.8 Å². The number of amides is 1. The summed E-state index contributed by atoms with van der Waals surface area (Å²) in [5.74, 6) is 0.413. The van der Waals surface area contributed by atoms with Crippen LogP contribution in [0.3, 0.4) is 0 Å². The molecule has 2 N–H and O–H groups in total. The van der Waals surface area contributed by atoms with Gasteiger partial charge in [-0.05, 0) is 37.1 Å². The number of aryl methyl sites for hydroxylation is 2. The van der Waals surface area contributed by atoms with E-state index in [4.69, 9.17) is 9.47 Å². The molecule has 0 saturated carbocycles. The van der Waals surface area contributed by atoms with Gasteiger partial charge in [0.1, 0.15) is 0 Å². The number of ether oxygens (including phenoxy) is 2. The minimum Gasteiger partial charge on any atom is -0.454 e. The maximum absolute atomic E-state index is 12.3. The molecule has 2 aromatic rings. The minimum absolute atomic E-state index is 0.0108. The summed E-state index contributed by atoms with van der Waals surface area (Å²) in [4.78, 5) is 12.1. The van der Waals surface area contributed by atoms with Crippen molar-refractivity contribution < 1.29 is 22.7 Å². The standard InChI is InChI=1S/C17H18N2O5S/c1-11-4-3-5-12(2)17(11)19-16(20)9-18-25(21,22)13-6-7-14-15(8-13)24-10-23-14/h3-8,18H,9-10H2,1-2H3,(H,19,20). The highest BCUT2D eigenvalue weighted by Crippen LogP contribution is 2.33. The Balaban J connectivity index is 1.67. The summed E-state index contributed by atoms with van der Waals surface area (Å²) in [6.45, 7) is 3.44. The number of nitrogens with one attached hydrogen (secondary N) is 2. The summed E-state index contributed by atoms with van der Waals surface area (Å²) >= 11 is 0. The maximum Gasteiger partial charge on any atom is 0.241 e. The molecule has 0 unspecified atom stereocenters. The molecule has 0 saturated heterocycles. The van der Waals surface area contributed by atoms with Gasteiger partial charge in [-0.2, -0.15) is 0 Å². The summed E-state index contributed by atoms with van der Waals surface area (Å²) in [6, 6.07) is 9.93. The van der Waals surface area contributed by atoms with Crippen molar-refractivity contribution in [3.63, 3.8) is 0 Å². The number of carbonyl (C=O) groups is 1. The van der Waals surface area contributed by atoms with Crippen LogP contribution in [0.25, 0.3) is 0 Å². The number of anilines is 1. The van der Waals surface area contributed by atoms with E-state index in [-0.39, 0.29) is 18.2 Å². The molecule has 0 fully saturated rings. The molecule has 3 rings (SSSR count). The van der Waals surface area contributed by atoms with E-state index in [1.165, 1.54) is 18.2 Å². The highest BCUT2D eigenvalue weighted by atomic mass is 32.2. The predicted molar refractivity (Wildman–Crippen MR) is 92.3 cm³/mol. The van der Waals surface area contributed by atoms with Crippen LogP contribution in [-0.2, 0) is 14.8 Å². The highest BCUT2D eigenvalue weighted by molar-refractivity contribution is 7.89. The molecule has 132 valence electrons. The largest absolute Gasteiger partial charge is 0.454 e. The molecule has 0 spiro atoms. The zero-order chi connectivity index (χ0) is 18.0. The summed E-state index contributed by atoms with van der Waals surface area (Å²) in [7, 11) is -3.84. The number of carbonyl (C=O) groups excluding carboxylic acids is 1. The lowest BCUT2D eigenvalue weighted by Gasteiger charge is -2.12. The van der Waals surface area contributed by atoms with Crippen molar-refractivity contribution in [3.8, 4) is 11.5 Å². The Morgan fingerprint density at radius 2 is 1.76 bits per heavy atom. The highest BCUT2D eigenvalue weighted by Gasteiger charge is 2.21. The molecule has 1 aliphatic heterocycles. The van der Waals surface area contributed by atoms with Crippen LogP contribution in [0.1, 0.15) is 11.1 Å². The second-order valence-electron chi connectivity index (χ2n) is 5.65. The van der Waals surface area contributed by atoms with Gasteiger partial charge in [-0.25, -0.2) is 13.1 Å².